The van der Waals surface area contributed by atoms with Crippen molar-refractivity contribution in [2.24, 2.45) is 0 Å². The Kier molecular flexibility index (Phi) is 8.34. The summed E-state index contributed by atoms with van der Waals surface area (Å²) < 4.78 is 14.3. The van der Waals surface area contributed by atoms with E-state index in [-0.39, 0.29) is 5.82 Å². The van der Waals surface area contributed by atoms with E-state index in [0.717, 1.165) is 88.7 Å². The number of halogens is 1. The van der Waals surface area contributed by atoms with Gasteiger partial charge in [-0.25, -0.2) is 19.3 Å². The van der Waals surface area contributed by atoms with Gasteiger partial charge in [-0.1, -0.05) is 158 Å². The minimum Gasteiger partial charge on any atom is -0.247 e. The summed E-state index contributed by atoms with van der Waals surface area (Å²) >= 11 is 0. The number of hydrogen-bond acceptors (Lipinski definition) is 3. The fourth-order valence-electron chi connectivity index (χ4n) is 8.48. The summed E-state index contributed by atoms with van der Waals surface area (Å²) in [6.45, 7) is 0. The standard InChI is InChI=1S/C55H34FN3/c56-43-28-25-37(26-29-43)54-53-47-24-10-8-22-45(47)44-21-7-9-23-46(44)52(53)48-30-27-41(33-51(48)57-54)39-18-11-17-38(31-39)40-19-12-20-42(32-40)55-58-49(35-13-3-1-4-14-35)34-50(59-55)36-15-5-2-6-16-36/h1-34H. The Hall–Kier alpha value is -7.82. The maximum absolute atomic E-state index is 14.3. The van der Waals surface area contributed by atoms with Crippen LogP contribution in [0.5, 0.6) is 0 Å². The molecule has 4 heteroatoms. The van der Waals surface area contributed by atoms with Gasteiger partial charge in [-0.2, -0.15) is 0 Å². The van der Waals surface area contributed by atoms with Crippen LogP contribution in [-0.4, -0.2) is 15.0 Å². The summed E-state index contributed by atoms with van der Waals surface area (Å²) in [5.74, 6) is 0.403. The smallest absolute Gasteiger partial charge is 0.160 e. The number of fused-ring (bicyclic) bond motifs is 8. The van der Waals surface area contributed by atoms with E-state index in [1.54, 1.807) is 0 Å². The number of hydrogen-bond donors (Lipinski definition) is 0. The van der Waals surface area contributed by atoms with Crippen LogP contribution in [0, 0.1) is 5.82 Å². The van der Waals surface area contributed by atoms with Gasteiger partial charge in [-0.15, -0.1) is 0 Å². The first kappa shape index (κ1) is 34.4. The zero-order chi connectivity index (χ0) is 39.3. The van der Waals surface area contributed by atoms with E-state index in [1.807, 2.05) is 48.5 Å². The Bertz CT molecular complexity index is 3320. The fourth-order valence-corrected chi connectivity index (χ4v) is 8.48. The molecule has 0 saturated carbocycles. The molecule has 0 bridgehead atoms. The van der Waals surface area contributed by atoms with E-state index >= 15 is 0 Å². The quantitative estimate of drug-likeness (QED) is 0.159. The van der Waals surface area contributed by atoms with Crippen molar-refractivity contribution in [3.05, 3.63) is 212 Å². The lowest BCUT2D eigenvalue weighted by molar-refractivity contribution is 0.628. The molecule has 11 rings (SSSR count). The Morgan fingerprint density at radius 2 is 0.746 bits per heavy atom. The zero-order valence-electron chi connectivity index (χ0n) is 31.8. The third-order valence-corrected chi connectivity index (χ3v) is 11.3. The van der Waals surface area contributed by atoms with Crippen LogP contribution in [0.1, 0.15) is 0 Å². The second-order valence-corrected chi connectivity index (χ2v) is 14.9. The highest BCUT2D eigenvalue weighted by atomic mass is 19.1. The topological polar surface area (TPSA) is 38.7 Å². The number of rotatable bonds is 6. The molecule has 0 radical (unpaired) electrons. The van der Waals surface area contributed by atoms with Gasteiger partial charge >= 0.3 is 0 Å². The first-order valence-corrected chi connectivity index (χ1v) is 19.8. The lowest BCUT2D eigenvalue weighted by atomic mass is 9.89. The largest absolute Gasteiger partial charge is 0.247 e. The van der Waals surface area contributed by atoms with Gasteiger partial charge in [-0.05, 0) is 92.3 Å². The summed E-state index contributed by atoms with van der Waals surface area (Å²) in [7, 11) is 0. The van der Waals surface area contributed by atoms with E-state index in [9.17, 15) is 4.39 Å². The van der Waals surface area contributed by atoms with Crippen LogP contribution in [0.15, 0.2) is 206 Å². The van der Waals surface area contributed by atoms with Crippen LogP contribution >= 0.6 is 0 Å². The average molecular weight is 756 g/mol. The molecule has 276 valence electrons. The summed E-state index contributed by atoms with van der Waals surface area (Å²) in [6.07, 6.45) is 0. The van der Waals surface area contributed by atoms with E-state index in [1.165, 1.54) is 28.3 Å². The maximum atomic E-state index is 14.3. The molecule has 0 saturated heterocycles. The Morgan fingerprint density at radius 1 is 0.288 bits per heavy atom. The lowest BCUT2D eigenvalue weighted by Crippen LogP contribution is -1.96. The molecular formula is C55H34FN3. The third kappa shape index (κ3) is 6.19. The molecule has 9 aromatic carbocycles. The van der Waals surface area contributed by atoms with E-state index in [0.29, 0.717) is 5.82 Å². The molecule has 2 aromatic heterocycles. The van der Waals surface area contributed by atoms with Crippen LogP contribution < -0.4 is 0 Å². The molecule has 0 atom stereocenters. The molecule has 0 aliphatic heterocycles. The molecule has 3 nitrogen and oxygen atoms in total. The molecule has 0 aliphatic carbocycles. The minimum absolute atomic E-state index is 0.271. The van der Waals surface area contributed by atoms with Gasteiger partial charge < -0.3 is 0 Å². The summed E-state index contributed by atoms with van der Waals surface area (Å²) in [6, 6.07) is 70.1. The van der Waals surface area contributed by atoms with Gasteiger partial charge in [0.15, 0.2) is 5.82 Å². The highest BCUT2D eigenvalue weighted by molar-refractivity contribution is 6.33. The molecule has 2 heterocycles. The predicted molar refractivity (Wildman–Crippen MR) is 242 cm³/mol. The van der Waals surface area contributed by atoms with Gasteiger partial charge in [0.25, 0.3) is 0 Å². The highest BCUT2D eigenvalue weighted by Crippen LogP contribution is 2.43. The molecule has 0 aliphatic rings. The first-order valence-electron chi connectivity index (χ1n) is 19.8. The molecule has 59 heavy (non-hydrogen) atoms. The molecule has 0 spiro atoms. The Labute approximate surface area is 340 Å². The van der Waals surface area contributed by atoms with Crippen molar-refractivity contribution < 1.29 is 4.39 Å². The molecule has 0 unspecified atom stereocenters. The van der Waals surface area contributed by atoms with Crippen molar-refractivity contribution in [1.82, 2.24) is 15.0 Å². The maximum Gasteiger partial charge on any atom is 0.160 e. The lowest BCUT2D eigenvalue weighted by Gasteiger charge is -2.17. The Morgan fingerprint density at radius 3 is 1.34 bits per heavy atom. The number of nitrogens with zero attached hydrogens (tertiary/aromatic N) is 3. The number of benzene rings is 9. The molecule has 0 N–H and O–H groups in total. The summed E-state index contributed by atoms with van der Waals surface area (Å²) in [4.78, 5) is 15.6. The second kappa shape index (κ2) is 14.3. The fraction of sp³-hybridized carbons (Fsp3) is 0. The van der Waals surface area contributed by atoms with Crippen molar-refractivity contribution in [2.45, 2.75) is 0 Å². The minimum atomic E-state index is -0.271. The van der Waals surface area contributed by atoms with Crippen LogP contribution in [0.3, 0.4) is 0 Å². The van der Waals surface area contributed by atoms with E-state index < -0.39 is 0 Å². The van der Waals surface area contributed by atoms with Crippen molar-refractivity contribution in [2.75, 3.05) is 0 Å². The predicted octanol–water partition coefficient (Wildman–Crippen LogP) is 14.6. The number of pyridine rings is 1. The molecular weight excluding hydrogens is 722 g/mol. The van der Waals surface area contributed by atoms with Crippen molar-refractivity contribution in [1.29, 1.82) is 0 Å². The zero-order valence-corrected chi connectivity index (χ0v) is 31.8. The van der Waals surface area contributed by atoms with E-state index in [4.69, 9.17) is 15.0 Å². The van der Waals surface area contributed by atoms with E-state index in [2.05, 4.69) is 146 Å². The summed E-state index contributed by atoms with van der Waals surface area (Å²) in [5.41, 5.74) is 11.7. The van der Waals surface area contributed by atoms with Gasteiger partial charge in [0.2, 0.25) is 0 Å². The SMILES string of the molecule is Fc1ccc(-c2nc3cc(-c4cccc(-c5cccc(-c6nc(-c7ccccc7)cc(-c7ccccc7)n6)c5)c4)ccc3c3c4ccccc4c4ccccc4c23)cc1. The molecule has 0 amide bonds. The monoisotopic (exact) mass is 755 g/mol. The van der Waals surface area contributed by atoms with Gasteiger partial charge in [0, 0.05) is 38.4 Å². The van der Waals surface area contributed by atoms with Crippen LogP contribution in [0.25, 0.3) is 111 Å². The first-order chi connectivity index (χ1) is 29.1. The normalized spacial score (nSPS) is 11.5. The molecule has 0 fully saturated rings. The highest BCUT2D eigenvalue weighted by Gasteiger charge is 2.18. The second-order valence-electron chi connectivity index (χ2n) is 14.9. The van der Waals surface area contributed by atoms with Crippen molar-refractivity contribution >= 4 is 43.2 Å². The van der Waals surface area contributed by atoms with Crippen LogP contribution in [0.2, 0.25) is 0 Å². The van der Waals surface area contributed by atoms with Crippen molar-refractivity contribution in [3.8, 4) is 67.4 Å². The molecule has 11 aromatic rings. The Balaban J connectivity index is 1.04. The van der Waals surface area contributed by atoms with Gasteiger partial charge in [0.1, 0.15) is 5.82 Å². The van der Waals surface area contributed by atoms with Crippen LogP contribution in [0.4, 0.5) is 4.39 Å². The average Bonchev–Trinajstić information content (AvgIpc) is 3.31. The van der Waals surface area contributed by atoms with Gasteiger partial charge in [-0.3, -0.25) is 0 Å². The van der Waals surface area contributed by atoms with Gasteiger partial charge in [0.05, 0.1) is 22.6 Å². The third-order valence-electron chi connectivity index (χ3n) is 11.3. The summed E-state index contributed by atoms with van der Waals surface area (Å²) in [5, 5.41) is 7.96. The van der Waals surface area contributed by atoms with Crippen LogP contribution in [-0.2, 0) is 0 Å². The number of aromatic nitrogens is 3. The van der Waals surface area contributed by atoms with Crippen molar-refractivity contribution in [3.63, 3.8) is 0 Å².